The van der Waals surface area contributed by atoms with Crippen LogP contribution in [0.3, 0.4) is 0 Å². The first-order chi connectivity index (χ1) is 23.9. The number of hydrogen-bond acceptors (Lipinski definition) is 13. The molecular formula is C33H48N6O11. The number of benzene rings is 1. The van der Waals surface area contributed by atoms with Gasteiger partial charge in [-0.15, -0.1) is 0 Å². The van der Waals surface area contributed by atoms with Crippen molar-refractivity contribution in [3.05, 3.63) is 56.8 Å². The van der Waals surface area contributed by atoms with E-state index < -0.39 is 91.4 Å². The highest BCUT2D eigenvalue weighted by Crippen LogP contribution is 2.40. The zero-order valence-corrected chi connectivity index (χ0v) is 29.4. The second-order valence-electron chi connectivity index (χ2n) is 13.2. The molecule has 1 aromatic carbocycles. The van der Waals surface area contributed by atoms with E-state index >= 15 is 0 Å². The molecule has 0 bridgehead atoms. The predicted octanol–water partition coefficient (Wildman–Crippen LogP) is 4.56. The Morgan fingerprint density at radius 2 is 1.34 bits per heavy atom. The molecule has 0 radical (unpaired) electrons. The fourth-order valence-electron chi connectivity index (χ4n) is 6.77. The van der Waals surface area contributed by atoms with Gasteiger partial charge in [-0.1, -0.05) is 68.3 Å². The van der Waals surface area contributed by atoms with Gasteiger partial charge >= 0.3 is 11.9 Å². The molecule has 3 saturated heterocycles. The van der Waals surface area contributed by atoms with Crippen molar-refractivity contribution in [2.24, 2.45) is 33.9 Å². The van der Waals surface area contributed by atoms with Crippen LogP contribution in [0.1, 0.15) is 54.0 Å². The summed E-state index contributed by atoms with van der Waals surface area (Å²) in [5, 5.41) is 18.4. The average molecular weight is 705 g/mol. The molecule has 0 aromatic heterocycles. The number of esters is 2. The Bertz CT molecular complexity index is 1380. The third-order valence-corrected chi connectivity index (χ3v) is 9.83. The van der Waals surface area contributed by atoms with Crippen molar-refractivity contribution < 1.29 is 52.6 Å². The summed E-state index contributed by atoms with van der Waals surface area (Å²) >= 11 is 0. The Labute approximate surface area is 291 Å². The van der Waals surface area contributed by atoms with Crippen LogP contribution in [0.4, 0.5) is 0 Å². The number of aliphatic hydroxyl groups excluding tert-OH is 1. The number of rotatable bonds is 13. The van der Waals surface area contributed by atoms with Gasteiger partial charge in [0.05, 0.1) is 43.1 Å². The van der Waals surface area contributed by atoms with Crippen LogP contribution in [-0.4, -0.2) is 97.8 Å². The van der Waals surface area contributed by atoms with Crippen LogP contribution in [0, 0.1) is 23.7 Å². The van der Waals surface area contributed by atoms with E-state index in [4.69, 9.17) is 37.9 Å². The highest BCUT2D eigenvalue weighted by atomic mass is 16.7. The van der Waals surface area contributed by atoms with Gasteiger partial charge in [-0.3, -0.25) is 9.59 Å². The molecule has 3 heterocycles. The van der Waals surface area contributed by atoms with Gasteiger partial charge < -0.3 is 43.0 Å². The summed E-state index contributed by atoms with van der Waals surface area (Å²) in [5.41, 5.74) is 19.5. The highest BCUT2D eigenvalue weighted by Gasteiger charge is 2.52. The summed E-state index contributed by atoms with van der Waals surface area (Å²) in [5.74, 6) is -2.28. The lowest BCUT2D eigenvalue weighted by atomic mass is 9.82. The van der Waals surface area contributed by atoms with E-state index in [1.807, 2.05) is 58.0 Å². The standard InChI is InChI=1S/C33H48N6O11/c1-16-17(2)27(37-39-35)32(48-24(16)14-43-21(6)40)49-28-19(4)30(45-13-23-11-9-8-10-12-23)33(46-20(28)5)50-29-18(3)26(36-38-34)31(42)47-25(29)15-44-22(7)41/h8-12,16-20,24-33,42H,13-15H2,1-7H3/t16-,17-,18+,19-,20?,24?,25?,26?,27?,28-,29-,30?,31?,32+,33-/m0/s1. The summed E-state index contributed by atoms with van der Waals surface area (Å²) in [6.45, 7) is 11.9. The van der Waals surface area contributed by atoms with Crippen LogP contribution >= 0.6 is 0 Å². The van der Waals surface area contributed by atoms with Crippen molar-refractivity contribution in [2.75, 3.05) is 13.2 Å². The Balaban J connectivity index is 1.62. The van der Waals surface area contributed by atoms with Crippen LogP contribution in [-0.2, 0) is 54.1 Å². The van der Waals surface area contributed by atoms with Crippen molar-refractivity contribution in [3.63, 3.8) is 0 Å². The molecule has 276 valence electrons. The lowest BCUT2D eigenvalue weighted by Gasteiger charge is -2.50. The molecular weight excluding hydrogens is 656 g/mol. The number of aliphatic hydroxyl groups is 1. The molecule has 17 heteroatoms. The van der Waals surface area contributed by atoms with Crippen LogP contribution in [0.5, 0.6) is 0 Å². The number of ether oxygens (including phenoxy) is 8. The van der Waals surface area contributed by atoms with Crippen LogP contribution in [0.2, 0.25) is 0 Å². The maximum atomic E-state index is 11.7. The molecule has 4 rings (SSSR count). The van der Waals surface area contributed by atoms with Gasteiger partial charge in [-0.25, -0.2) is 0 Å². The average Bonchev–Trinajstić information content (AvgIpc) is 3.07. The zero-order valence-electron chi connectivity index (χ0n) is 29.4. The quantitative estimate of drug-likeness (QED) is 0.130. The molecule has 0 amide bonds. The largest absolute Gasteiger partial charge is 0.463 e. The second-order valence-corrected chi connectivity index (χ2v) is 13.2. The third-order valence-electron chi connectivity index (χ3n) is 9.83. The summed E-state index contributed by atoms with van der Waals surface area (Å²) in [6, 6.07) is 7.85. The van der Waals surface area contributed by atoms with Gasteiger partial charge in [0.1, 0.15) is 25.4 Å². The molecule has 0 saturated carbocycles. The molecule has 15 atom stereocenters. The predicted molar refractivity (Wildman–Crippen MR) is 174 cm³/mol. The van der Waals surface area contributed by atoms with Crippen LogP contribution in [0.25, 0.3) is 20.9 Å². The molecule has 1 aromatic rings. The Kier molecular flexibility index (Phi) is 14.2. The van der Waals surface area contributed by atoms with E-state index in [0.29, 0.717) is 0 Å². The van der Waals surface area contributed by atoms with Gasteiger partial charge in [-0.05, 0) is 41.3 Å². The first kappa shape index (κ1) is 39.3. The maximum absolute atomic E-state index is 11.7. The number of hydrogen-bond donors (Lipinski definition) is 1. The number of nitrogens with zero attached hydrogens (tertiary/aromatic N) is 6. The molecule has 3 aliphatic rings. The van der Waals surface area contributed by atoms with Crippen molar-refractivity contribution >= 4 is 11.9 Å². The van der Waals surface area contributed by atoms with Gasteiger partial charge in [0.2, 0.25) is 0 Å². The van der Waals surface area contributed by atoms with E-state index in [1.54, 1.807) is 6.92 Å². The second kappa shape index (κ2) is 18.1. The van der Waals surface area contributed by atoms with E-state index in [-0.39, 0.29) is 31.7 Å². The molecule has 3 fully saturated rings. The van der Waals surface area contributed by atoms with Gasteiger partial charge in [0, 0.05) is 29.6 Å². The van der Waals surface area contributed by atoms with Crippen LogP contribution < -0.4 is 0 Å². The topological polar surface area (TPSA) is 226 Å². The minimum absolute atomic E-state index is 0.0103. The van der Waals surface area contributed by atoms with Crippen LogP contribution in [0.15, 0.2) is 40.6 Å². The van der Waals surface area contributed by atoms with Crippen molar-refractivity contribution in [1.29, 1.82) is 0 Å². The molecule has 0 spiro atoms. The summed E-state index contributed by atoms with van der Waals surface area (Å²) in [4.78, 5) is 29.2. The van der Waals surface area contributed by atoms with Gasteiger partial charge in [0.15, 0.2) is 18.9 Å². The van der Waals surface area contributed by atoms with E-state index in [2.05, 4.69) is 20.1 Å². The first-order valence-electron chi connectivity index (χ1n) is 16.8. The lowest BCUT2D eigenvalue weighted by molar-refractivity contribution is -0.353. The third kappa shape index (κ3) is 9.63. The SMILES string of the molecule is CC(=O)OCC1O[C@H](O[C@@H]2C(C)O[C@@H](O[C@@H]3C(COC(C)=O)OC(O)C(N=[N+]=[N-])[C@H]3C)C(OCc3ccccc3)[C@H]2C)C(N=[N+]=[N-])[C@@H](C)[C@@H]1C. The molecule has 3 aliphatic heterocycles. The fourth-order valence-corrected chi connectivity index (χ4v) is 6.77. The fraction of sp³-hybridized carbons (Fsp3) is 0.758. The van der Waals surface area contributed by atoms with E-state index in [1.165, 1.54) is 13.8 Å². The molecule has 1 N–H and O–H groups in total. The van der Waals surface area contributed by atoms with Crippen molar-refractivity contribution in [1.82, 2.24) is 0 Å². The Morgan fingerprint density at radius 1 is 0.740 bits per heavy atom. The van der Waals surface area contributed by atoms with E-state index in [0.717, 1.165) is 5.56 Å². The minimum Gasteiger partial charge on any atom is -0.463 e. The Hall–Kier alpha value is -3.50. The Morgan fingerprint density at radius 3 is 1.96 bits per heavy atom. The van der Waals surface area contributed by atoms with Crippen molar-refractivity contribution in [2.45, 2.75) is 123 Å². The number of carbonyl (C=O) groups excluding carboxylic acids is 2. The smallest absolute Gasteiger partial charge is 0.302 e. The molecule has 50 heavy (non-hydrogen) atoms. The molecule has 7 unspecified atom stereocenters. The summed E-state index contributed by atoms with van der Waals surface area (Å²) in [6.07, 6.45) is -7.78. The summed E-state index contributed by atoms with van der Waals surface area (Å²) in [7, 11) is 0. The highest BCUT2D eigenvalue weighted by molar-refractivity contribution is 5.66. The first-order valence-corrected chi connectivity index (χ1v) is 16.8. The van der Waals surface area contributed by atoms with Gasteiger partial charge in [-0.2, -0.15) is 0 Å². The maximum Gasteiger partial charge on any atom is 0.302 e. The zero-order chi connectivity index (χ0) is 36.5. The molecule has 17 nitrogen and oxygen atoms in total. The molecule has 0 aliphatic carbocycles. The number of carbonyl (C=O) groups is 2. The lowest BCUT2D eigenvalue weighted by Crippen LogP contribution is -2.61. The van der Waals surface area contributed by atoms with Gasteiger partial charge in [0.25, 0.3) is 0 Å². The van der Waals surface area contributed by atoms with Crippen molar-refractivity contribution in [3.8, 4) is 0 Å². The van der Waals surface area contributed by atoms with E-state index in [9.17, 15) is 25.8 Å². The monoisotopic (exact) mass is 704 g/mol. The summed E-state index contributed by atoms with van der Waals surface area (Å²) < 4.78 is 48.7. The number of azide groups is 2. The minimum atomic E-state index is -1.45. The normalized spacial score (nSPS) is 38.6.